The van der Waals surface area contributed by atoms with Crippen molar-refractivity contribution in [2.24, 2.45) is 0 Å². The fraction of sp³-hybridized carbons (Fsp3) is 0.227. The number of carbonyl (C=O) groups is 2. The third kappa shape index (κ3) is 9.83. The first-order valence-corrected chi connectivity index (χ1v) is 17.6. The highest BCUT2D eigenvalue weighted by atomic mass is 16.7. The molecule has 4 aromatic carbocycles. The third-order valence-corrected chi connectivity index (χ3v) is 8.72. The summed E-state index contributed by atoms with van der Waals surface area (Å²) in [6.45, 7) is 1.34. The van der Waals surface area contributed by atoms with Gasteiger partial charge >= 0.3 is 12.1 Å². The number of rotatable bonds is 16. The summed E-state index contributed by atoms with van der Waals surface area (Å²) in [6.07, 6.45) is 1.11. The van der Waals surface area contributed by atoms with Crippen molar-refractivity contribution in [3.8, 4) is 46.0 Å². The molecule has 0 radical (unpaired) electrons. The van der Waals surface area contributed by atoms with Crippen LogP contribution in [0.3, 0.4) is 0 Å². The van der Waals surface area contributed by atoms with Gasteiger partial charge in [-0.25, -0.2) is 4.79 Å². The number of esters is 1. The minimum absolute atomic E-state index is 0.185. The number of ether oxygens (including phenoxy) is 8. The Morgan fingerprint density at radius 1 is 0.393 bits per heavy atom. The van der Waals surface area contributed by atoms with E-state index < -0.39 is 12.1 Å². The maximum Gasteiger partial charge on any atom is 0.519 e. The molecule has 6 rings (SSSR count). The predicted octanol–water partition coefficient (Wildman–Crippen LogP) is 8.78. The zero-order chi connectivity index (χ0) is 39.6. The molecule has 12 heteroatoms. The van der Waals surface area contributed by atoms with Crippen molar-refractivity contribution in [2.45, 2.75) is 32.6 Å². The fourth-order valence-electron chi connectivity index (χ4n) is 6.09. The van der Waals surface area contributed by atoms with Gasteiger partial charge in [0.05, 0.1) is 35.5 Å². The summed E-state index contributed by atoms with van der Waals surface area (Å²) in [5, 5.41) is 0. The molecule has 0 saturated carbocycles. The second-order valence-corrected chi connectivity index (χ2v) is 12.6. The van der Waals surface area contributed by atoms with E-state index in [1.807, 2.05) is 66.7 Å². The molecule has 0 aliphatic rings. The lowest BCUT2D eigenvalue weighted by Gasteiger charge is -2.13. The van der Waals surface area contributed by atoms with Crippen molar-refractivity contribution in [1.29, 1.82) is 0 Å². The minimum Gasteiger partial charge on any atom is -0.493 e. The molecule has 2 aromatic heterocycles. The number of hydrogen-bond acceptors (Lipinski definition) is 12. The summed E-state index contributed by atoms with van der Waals surface area (Å²) >= 11 is 0. The summed E-state index contributed by atoms with van der Waals surface area (Å²) in [6, 6.07) is 29.3. The molecule has 0 unspecified atom stereocenters. The first-order valence-electron chi connectivity index (χ1n) is 17.6. The van der Waals surface area contributed by atoms with Crippen molar-refractivity contribution >= 4 is 12.1 Å². The first-order chi connectivity index (χ1) is 27.2. The predicted molar refractivity (Wildman–Crippen MR) is 205 cm³/mol. The first kappa shape index (κ1) is 38.9. The van der Waals surface area contributed by atoms with E-state index in [4.69, 9.17) is 46.7 Å². The molecule has 290 valence electrons. The summed E-state index contributed by atoms with van der Waals surface area (Å²) < 4.78 is 55.7. The Hall–Kier alpha value is -6.82. The van der Waals surface area contributed by atoms with Crippen LogP contribution < -0.4 is 37.9 Å². The average molecular weight is 763 g/mol. The van der Waals surface area contributed by atoms with Gasteiger partial charge < -0.3 is 46.7 Å². The lowest BCUT2D eigenvalue weighted by Crippen LogP contribution is -2.15. The van der Waals surface area contributed by atoms with Gasteiger partial charge in [0.25, 0.3) is 0 Å². The van der Waals surface area contributed by atoms with Gasteiger partial charge in [0.15, 0.2) is 46.0 Å². The van der Waals surface area contributed by atoms with Crippen LogP contribution in [0.2, 0.25) is 0 Å². The van der Waals surface area contributed by atoms with Gasteiger partial charge in [-0.2, -0.15) is 0 Å². The molecule has 0 spiro atoms. The molecular formula is C44H42O12. The molecule has 0 aliphatic heterocycles. The number of methoxy groups -OCH3 is 5. The van der Waals surface area contributed by atoms with Crippen LogP contribution in [0.15, 0.2) is 106 Å². The van der Waals surface area contributed by atoms with Crippen molar-refractivity contribution in [1.82, 2.24) is 0 Å². The van der Waals surface area contributed by atoms with Crippen LogP contribution >= 0.6 is 0 Å². The lowest BCUT2D eigenvalue weighted by molar-refractivity contribution is -0.132. The SMILES string of the molecule is COc1ccc(Cc2ccc(Cc3ccc(OC(=O)Oc4ccc(Cc5ccc(Cc6ccc(OC(C)=O)c(OC)c6)o5)cc4OC)c(OC)c3)o2)cc1OC. The Morgan fingerprint density at radius 3 is 0.982 bits per heavy atom. The molecular weight excluding hydrogens is 720 g/mol. The van der Waals surface area contributed by atoms with E-state index in [9.17, 15) is 9.59 Å². The van der Waals surface area contributed by atoms with E-state index in [1.165, 1.54) is 28.3 Å². The standard InChI is InChI=1S/C44H42O12/c1-27(45)52-37-16-8-29(24-41(37)49-4)20-33-13-14-35(54-33)22-31-10-18-39(43(26-31)51-6)56-44(46)55-38-17-9-30(25-42(38)50-5)21-34-12-11-32(53-34)19-28-7-15-36(47-2)40(23-28)48-3/h7-18,23-26H,19-22H2,1-6H3. The molecule has 0 fully saturated rings. The van der Waals surface area contributed by atoms with Gasteiger partial charge in [0.1, 0.15) is 23.0 Å². The van der Waals surface area contributed by atoms with E-state index in [0.717, 1.165) is 45.3 Å². The van der Waals surface area contributed by atoms with Gasteiger partial charge in [-0.3, -0.25) is 4.79 Å². The second-order valence-electron chi connectivity index (χ2n) is 12.6. The van der Waals surface area contributed by atoms with Crippen LogP contribution in [-0.4, -0.2) is 47.7 Å². The molecule has 0 aliphatic carbocycles. The normalized spacial score (nSPS) is 10.8. The lowest BCUT2D eigenvalue weighted by atomic mass is 10.1. The minimum atomic E-state index is -0.957. The zero-order valence-corrected chi connectivity index (χ0v) is 32.0. The highest BCUT2D eigenvalue weighted by Crippen LogP contribution is 2.34. The number of hydrogen-bond donors (Lipinski definition) is 0. The largest absolute Gasteiger partial charge is 0.519 e. The number of benzene rings is 4. The Bertz CT molecular complexity index is 2300. The summed E-state index contributed by atoms with van der Waals surface area (Å²) in [5.41, 5.74) is 3.72. The summed E-state index contributed by atoms with van der Waals surface area (Å²) in [5.74, 6) is 5.85. The van der Waals surface area contributed by atoms with E-state index in [0.29, 0.717) is 60.2 Å². The quantitative estimate of drug-likeness (QED) is 0.0530. The zero-order valence-electron chi connectivity index (χ0n) is 32.0. The van der Waals surface area contributed by atoms with Crippen molar-refractivity contribution in [3.63, 3.8) is 0 Å². The monoisotopic (exact) mass is 762 g/mol. The van der Waals surface area contributed by atoms with Crippen LogP contribution in [0.1, 0.15) is 52.2 Å². The molecule has 0 bridgehead atoms. The summed E-state index contributed by atoms with van der Waals surface area (Å²) in [4.78, 5) is 24.3. The average Bonchev–Trinajstić information content (AvgIpc) is 3.84. The number of furan rings is 2. The highest BCUT2D eigenvalue weighted by molar-refractivity contribution is 5.71. The number of carbonyl (C=O) groups excluding carboxylic acids is 2. The Morgan fingerprint density at radius 2 is 0.679 bits per heavy atom. The van der Waals surface area contributed by atoms with E-state index >= 15 is 0 Å². The van der Waals surface area contributed by atoms with Gasteiger partial charge in [-0.15, -0.1) is 0 Å². The highest BCUT2D eigenvalue weighted by Gasteiger charge is 2.18. The fourth-order valence-corrected chi connectivity index (χ4v) is 6.09. The maximum atomic E-state index is 12.9. The topological polar surface area (TPSA) is 134 Å². The van der Waals surface area contributed by atoms with Crippen LogP contribution in [0, 0.1) is 0 Å². The Balaban J connectivity index is 1.04. The van der Waals surface area contributed by atoms with Gasteiger partial charge in [0.2, 0.25) is 0 Å². The third-order valence-electron chi connectivity index (χ3n) is 8.72. The smallest absolute Gasteiger partial charge is 0.493 e. The maximum absolute atomic E-state index is 12.9. The van der Waals surface area contributed by atoms with Crippen molar-refractivity contribution in [2.75, 3.05) is 35.5 Å². The molecule has 0 N–H and O–H groups in total. The summed E-state index contributed by atoms with van der Waals surface area (Å²) in [7, 11) is 7.71. The van der Waals surface area contributed by atoms with Crippen LogP contribution in [-0.2, 0) is 30.5 Å². The molecule has 6 aromatic rings. The molecule has 56 heavy (non-hydrogen) atoms. The van der Waals surface area contributed by atoms with E-state index in [2.05, 4.69) is 0 Å². The van der Waals surface area contributed by atoms with E-state index in [1.54, 1.807) is 44.6 Å². The molecule has 0 amide bonds. The van der Waals surface area contributed by atoms with Gasteiger partial charge in [0, 0.05) is 32.6 Å². The van der Waals surface area contributed by atoms with Crippen LogP contribution in [0.4, 0.5) is 4.79 Å². The van der Waals surface area contributed by atoms with Gasteiger partial charge in [-0.1, -0.05) is 24.3 Å². The molecule has 0 atom stereocenters. The van der Waals surface area contributed by atoms with Crippen LogP contribution in [0.25, 0.3) is 0 Å². The van der Waals surface area contributed by atoms with Crippen LogP contribution in [0.5, 0.6) is 46.0 Å². The van der Waals surface area contributed by atoms with E-state index in [-0.39, 0.29) is 11.5 Å². The molecule has 0 saturated heterocycles. The second kappa shape index (κ2) is 18.0. The molecule has 2 heterocycles. The molecule has 12 nitrogen and oxygen atoms in total. The Kier molecular flexibility index (Phi) is 12.5. The van der Waals surface area contributed by atoms with Crippen molar-refractivity contribution in [3.05, 3.63) is 142 Å². The Labute approximate surface area is 324 Å². The van der Waals surface area contributed by atoms with Gasteiger partial charge in [-0.05, 0) is 95.1 Å². The van der Waals surface area contributed by atoms with Crippen molar-refractivity contribution < 1.29 is 56.3 Å².